The average molecular weight is 391 g/mol. The Morgan fingerprint density at radius 1 is 1.12 bits per heavy atom. The van der Waals surface area contributed by atoms with Crippen LogP contribution in [0.3, 0.4) is 0 Å². The lowest BCUT2D eigenvalue weighted by atomic mass is 10.1. The molecule has 6 heteroatoms. The van der Waals surface area contributed by atoms with E-state index in [2.05, 4.69) is 10.6 Å². The van der Waals surface area contributed by atoms with E-state index in [0.29, 0.717) is 22.0 Å². The number of carbonyl (C=O) groups is 2. The Morgan fingerprint density at radius 2 is 1.81 bits per heavy atom. The zero-order valence-electron chi connectivity index (χ0n) is 14.9. The van der Waals surface area contributed by atoms with Gasteiger partial charge >= 0.3 is 0 Å². The monoisotopic (exact) mass is 390 g/mol. The molecule has 0 fully saturated rings. The Hall–Kier alpha value is -1.98. The molecule has 0 aliphatic heterocycles. The maximum Gasteiger partial charge on any atom is 0.253 e. The zero-order chi connectivity index (χ0) is 18.9. The number of amides is 2. The summed E-state index contributed by atoms with van der Waals surface area (Å²) in [5.41, 5.74) is 1.99. The Morgan fingerprint density at radius 3 is 2.54 bits per heavy atom. The van der Waals surface area contributed by atoms with Gasteiger partial charge in [0.1, 0.15) is 0 Å². The summed E-state index contributed by atoms with van der Waals surface area (Å²) in [6.45, 7) is 3.96. The summed E-state index contributed by atoms with van der Waals surface area (Å²) in [4.78, 5) is 24.6. The highest BCUT2D eigenvalue weighted by molar-refractivity contribution is 7.99. The van der Waals surface area contributed by atoms with Gasteiger partial charge in [0, 0.05) is 16.8 Å². The Balaban J connectivity index is 1.92. The minimum absolute atomic E-state index is 0.0810. The van der Waals surface area contributed by atoms with Crippen LogP contribution in [-0.4, -0.2) is 23.6 Å². The molecule has 0 heterocycles. The molecule has 0 aliphatic rings. The second-order valence-corrected chi connectivity index (χ2v) is 7.35. The highest BCUT2D eigenvalue weighted by Gasteiger charge is 2.14. The second-order valence-electron chi connectivity index (χ2n) is 5.96. The van der Waals surface area contributed by atoms with Crippen LogP contribution in [0.25, 0.3) is 0 Å². The molecule has 2 aromatic rings. The molecule has 0 saturated heterocycles. The number of hydrogen-bond donors (Lipinski definition) is 2. The van der Waals surface area contributed by atoms with Gasteiger partial charge in [-0.2, -0.15) is 0 Å². The largest absolute Gasteiger partial charge is 0.350 e. The summed E-state index contributed by atoms with van der Waals surface area (Å²) >= 11 is 7.60. The van der Waals surface area contributed by atoms with E-state index in [4.69, 9.17) is 11.6 Å². The first kappa shape index (κ1) is 20.3. The van der Waals surface area contributed by atoms with Gasteiger partial charge in [0.2, 0.25) is 5.91 Å². The number of benzene rings is 2. The lowest BCUT2D eigenvalue weighted by molar-refractivity contribution is -0.113. The van der Waals surface area contributed by atoms with Gasteiger partial charge in [0.05, 0.1) is 17.0 Å². The average Bonchev–Trinajstić information content (AvgIpc) is 2.63. The molecule has 2 amide bonds. The van der Waals surface area contributed by atoms with Crippen molar-refractivity contribution in [1.82, 2.24) is 5.32 Å². The van der Waals surface area contributed by atoms with Crippen LogP contribution < -0.4 is 10.6 Å². The molecule has 0 unspecified atom stereocenters. The van der Waals surface area contributed by atoms with Gasteiger partial charge in [0.15, 0.2) is 0 Å². The Labute approximate surface area is 163 Å². The molecule has 2 N–H and O–H groups in total. The molecule has 26 heavy (non-hydrogen) atoms. The van der Waals surface area contributed by atoms with Crippen LogP contribution >= 0.6 is 23.4 Å². The van der Waals surface area contributed by atoms with E-state index in [1.807, 2.05) is 38.1 Å². The number of carbonyl (C=O) groups excluding carboxylic acids is 2. The molecule has 0 saturated carbocycles. The molecular formula is C20H23ClN2O2S. The standard InChI is InChI=1S/C20H23ClN2O2S/c1-3-14(2)22-20(25)16-9-5-7-11-18(16)23-19(24)13-26-12-15-8-4-6-10-17(15)21/h4-11,14H,3,12-13H2,1-2H3,(H,22,25)(H,23,24)/t14-/m1/s1. The van der Waals surface area contributed by atoms with Crippen LogP contribution in [0, 0.1) is 0 Å². The molecule has 2 aromatic carbocycles. The maximum absolute atomic E-state index is 12.4. The number of nitrogens with one attached hydrogen (secondary N) is 2. The van der Waals surface area contributed by atoms with Gasteiger partial charge < -0.3 is 10.6 Å². The van der Waals surface area contributed by atoms with Gasteiger partial charge in [-0.3, -0.25) is 9.59 Å². The molecule has 0 aromatic heterocycles. The number of halogens is 1. The molecule has 0 radical (unpaired) electrons. The van der Waals surface area contributed by atoms with Crippen molar-refractivity contribution < 1.29 is 9.59 Å². The Bertz CT molecular complexity index is 767. The minimum Gasteiger partial charge on any atom is -0.350 e. The van der Waals surface area contributed by atoms with Crippen molar-refractivity contribution in [3.63, 3.8) is 0 Å². The second kappa shape index (κ2) is 10.2. The maximum atomic E-state index is 12.4. The van der Waals surface area contributed by atoms with E-state index in [0.717, 1.165) is 12.0 Å². The van der Waals surface area contributed by atoms with E-state index >= 15 is 0 Å². The number of thioether (sulfide) groups is 1. The first-order valence-corrected chi connectivity index (χ1v) is 10.1. The quantitative estimate of drug-likeness (QED) is 0.684. The van der Waals surface area contributed by atoms with Crippen molar-refractivity contribution >= 4 is 40.9 Å². The minimum atomic E-state index is -0.182. The van der Waals surface area contributed by atoms with Crippen LogP contribution in [-0.2, 0) is 10.5 Å². The molecule has 138 valence electrons. The van der Waals surface area contributed by atoms with Crippen LogP contribution in [0.2, 0.25) is 5.02 Å². The first-order valence-electron chi connectivity index (χ1n) is 8.52. The fourth-order valence-electron chi connectivity index (χ4n) is 2.25. The fraction of sp³-hybridized carbons (Fsp3) is 0.300. The van der Waals surface area contributed by atoms with Crippen LogP contribution in [0.1, 0.15) is 36.2 Å². The predicted molar refractivity (Wildman–Crippen MR) is 110 cm³/mol. The summed E-state index contributed by atoms with van der Waals surface area (Å²) < 4.78 is 0. The Kier molecular flexibility index (Phi) is 8.01. The van der Waals surface area contributed by atoms with Gasteiger partial charge in [-0.1, -0.05) is 48.9 Å². The number of hydrogen-bond acceptors (Lipinski definition) is 3. The lowest BCUT2D eigenvalue weighted by Gasteiger charge is -2.14. The summed E-state index contributed by atoms with van der Waals surface area (Å²) in [7, 11) is 0. The highest BCUT2D eigenvalue weighted by atomic mass is 35.5. The van der Waals surface area contributed by atoms with Crippen molar-refractivity contribution in [2.75, 3.05) is 11.1 Å². The van der Waals surface area contributed by atoms with Gasteiger partial charge in [0.25, 0.3) is 5.91 Å². The van der Waals surface area contributed by atoms with Crippen molar-refractivity contribution in [2.45, 2.75) is 32.1 Å². The summed E-state index contributed by atoms with van der Waals surface area (Å²) in [5.74, 6) is 0.611. The van der Waals surface area contributed by atoms with Crippen molar-refractivity contribution in [1.29, 1.82) is 0 Å². The molecule has 4 nitrogen and oxygen atoms in total. The van der Waals surface area contributed by atoms with Crippen LogP contribution in [0.4, 0.5) is 5.69 Å². The number of para-hydroxylation sites is 1. The molecule has 0 aliphatic carbocycles. The number of rotatable bonds is 8. The van der Waals surface area contributed by atoms with Crippen molar-refractivity contribution in [2.24, 2.45) is 0 Å². The molecule has 1 atom stereocenters. The predicted octanol–water partition coefficient (Wildman–Crippen LogP) is 4.74. The van der Waals surface area contributed by atoms with E-state index < -0.39 is 0 Å². The SMILES string of the molecule is CC[C@@H](C)NC(=O)c1ccccc1NC(=O)CSCc1ccccc1Cl. The topological polar surface area (TPSA) is 58.2 Å². The van der Waals surface area contributed by atoms with E-state index in [1.165, 1.54) is 11.8 Å². The van der Waals surface area contributed by atoms with Gasteiger partial charge in [-0.05, 0) is 37.1 Å². The van der Waals surface area contributed by atoms with Crippen LogP contribution in [0.5, 0.6) is 0 Å². The fourth-order valence-corrected chi connectivity index (χ4v) is 3.36. The normalized spacial score (nSPS) is 11.7. The van der Waals surface area contributed by atoms with E-state index in [9.17, 15) is 9.59 Å². The van der Waals surface area contributed by atoms with E-state index in [-0.39, 0.29) is 23.6 Å². The zero-order valence-corrected chi connectivity index (χ0v) is 16.5. The van der Waals surface area contributed by atoms with Gasteiger partial charge in [-0.25, -0.2) is 0 Å². The molecule has 0 spiro atoms. The van der Waals surface area contributed by atoms with Crippen molar-refractivity contribution in [3.05, 3.63) is 64.7 Å². The lowest BCUT2D eigenvalue weighted by Crippen LogP contribution is -2.32. The first-order chi connectivity index (χ1) is 12.5. The summed E-state index contributed by atoms with van der Waals surface area (Å²) in [6, 6.07) is 14.7. The highest BCUT2D eigenvalue weighted by Crippen LogP contribution is 2.21. The van der Waals surface area contributed by atoms with Crippen LogP contribution in [0.15, 0.2) is 48.5 Å². The number of anilines is 1. The third-order valence-electron chi connectivity index (χ3n) is 3.88. The summed E-state index contributed by atoms with van der Waals surface area (Å²) in [5, 5.41) is 6.45. The molecular weight excluding hydrogens is 368 g/mol. The molecule has 2 rings (SSSR count). The summed E-state index contributed by atoms with van der Waals surface area (Å²) in [6.07, 6.45) is 0.846. The smallest absolute Gasteiger partial charge is 0.253 e. The van der Waals surface area contributed by atoms with Crippen molar-refractivity contribution in [3.8, 4) is 0 Å². The molecule has 0 bridgehead atoms. The van der Waals surface area contributed by atoms with E-state index in [1.54, 1.807) is 24.3 Å². The third-order valence-corrected chi connectivity index (χ3v) is 5.23. The third kappa shape index (κ3) is 6.07. The van der Waals surface area contributed by atoms with Gasteiger partial charge in [-0.15, -0.1) is 11.8 Å².